The van der Waals surface area contributed by atoms with Gasteiger partial charge in [0.2, 0.25) is 35.4 Å². The molecule has 0 fully saturated rings. The molecular formula is C26H36N6O10S4-2. The lowest BCUT2D eigenvalue weighted by Crippen LogP contribution is -2.46. The molecular weight excluding hydrogens is 685 g/mol. The van der Waals surface area contributed by atoms with Crippen LogP contribution in [0.1, 0.15) is 36.0 Å². The van der Waals surface area contributed by atoms with E-state index >= 15 is 0 Å². The average molecular weight is 721 g/mol. The smallest absolute Gasteiger partial charge is 0.230 e. The van der Waals surface area contributed by atoms with E-state index in [-0.39, 0.29) is 90.5 Å². The summed E-state index contributed by atoms with van der Waals surface area (Å²) in [4.78, 5) is 89.1. The molecule has 256 valence electrons. The second-order valence-electron chi connectivity index (χ2n) is 9.10. The van der Waals surface area contributed by atoms with Crippen LogP contribution in [0.15, 0.2) is 24.3 Å². The number of hydrogen-bond acceptors (Lipinski definition) is 14. The molecule has 0 heterocycles. The summed E-state index contributed by atoms with van der Waals surface area (Å²) in [5.41, 5.74) is 0.455. The summed E-state index contributed by atoms with van der Waals surface area (Å²) in [5.74, 6) is -3.64. The first-order valence-corrected chi connectivity index (χ1v) is 15.9. The van der Waals surface area contributed by atoms with E-state index < -0.39 is 30.1 Å². The van der Waals surface area contributed by atoms with Crippen molar-refractivity contribution in [3.63, 3.8) is 0 Å². The number of carbonyl (C=O) groups excluding carboxylic acids is 8. The fourth-order valence-electron chi connectivity index (χ4n) is 3.28. The minimum absolute atomic E-state index is 0.00158. The van der Waals surface area contributed by atoms with E-state index in [4.69, 9.17) is 0 Å². The van der Waals surface area contributed by atoms with E-state index in [1.165, 1.54) is 24.3 Å². The molecule has 0 bridgehead atoms. The second kappa shape index (κ2) is 24.6. The Labute approximate surface area is 287 Å². The predicted molar refractivity (Wildman–Crippen MR) is 177 cm³/mol. The molecule has 1 rings (SSSR count). The molecule has 7 amide bonds. The third kappa shape index (κ3) is 21.2. The number of amides is 7. The van der Waals surface area contributed by atoms with Gasteiger partial charge in [0.1, 0.15) is 6.09 Å². The molecule has 0 radical (unpaired) electrons. The Morgan fingerprint density at radius 3 is 1.37 bits per heavy atom. The van der Waals surface area contributed by atoms with E-state index in [2.05, 4.69) is 77.1 Å². The fourth-order valence-corrected chi connectivity index (χ4v) is 3.69. The summed E-state index contributed by atoms with van der Waals surface area (Å²) in [5, 5.41) is 35.4. The highest BCUT2D eigenvalue weighted by Gasteiger charge is 2.16. The molecule has 6 N–H and O–H groups in total. The molecule has 0 saturated carbocycles. The first-order valence-electron chi connectivity index (χ1n) is 13.4. The van der Waals surface area contributed by atoms with Crippen LogP contribution in [0.25, 0.3) is 0 Å². The number of benzene rings is 1. The Morgan fingerprint density at radius 2 is 1.00 bits per heavy atom. The van der Waals surface area contributed by atoms with Crippen molar-refractivity contribution in [2.45, 2.75) is 37.8 Å². The monoisotopic (exact) mass is 720 g/mol. The molecule has 0 aliphatic heterocycles. The minimum atomic E-state index is -1.69. The van der Waals surface area contributed by atoms with Crippen LogP contribution in [0, 0.1) is 0 Å². The third-order valence-electron chi connectivity index (χ3n) is 5.48. The van der Waals surface area contributed by atoms with Crippen LogP contribution >= 0.6 is 50.5 Å². The van der Waals surface area contributed by atoms with Gasteiger partial charge in [0.25, 0.3) is 0 Å². The van der Waals surface area contributed by atoms with Crippen molar-refractivity contribution in [1.82, 2.24) is 26.6 Å². The van der Waals surface area contributed by atoms with Crippen molar-refractivity contribution < 1.29 is 48.6 Å². The van der Waals surface area contributed by atoms with Crippen molar-refractivity contribution in [1.29, 1.82) is 0 Å². The van der Waals surface area contributed by atoms with Gasteiger partial charge in [-0.3, -0.25) is 28.8 Å². The number of carboxylic acids is 1. The van der Waals surface area contributed by atoms with Gasteiger partial charge in [0.15, 0.2) is 0 Å². The van der Waals surface area contributed by atoms with Crippen molar-refractivity contribution >= 4 is 104 Å². The quantitative estimate of drug-likeness (QED) is 0.0685. The van der Waals surface area contributed by atoms with Crippen molar-refractivity contribution in [3.8, 4) is 0 Å². The molecule has 0 spiro atoms. The topological polar surface area (TPSA) is 255 Å². The number of carbonyl (C=O) groups is 8. The highest BCUT2D eigenvalue weighted by Crippen LogP contribution is 2.10. The van der Waals surface area contributed by atoms with Gasteiger partial charge in [-0.05, 0) is 30.5 Å². The molecule has 0 saturated heterocycles. The molecule has 0 aliphatic carbocycles. The zero-order valence-electron chi connectivity index (χ0n) is 24.4. The minimum Gasteiger partial charge on any atom is -0.545 e. The van der Waals surface area contributed by atoms with Crippen LogP contribution in [0.2, 0.25) is 0 Å². The lowest BCUT2D eigenvalue weighted by molar-refractivity contribution is -0.255. The highest BCUT2D eigenvalue weighted by atomic mass is 32.1. The maximum Gasteiger partial charge on any atom is 0.230 e. The van der Waals surface area contributed by atoms with Crippen molar-refractivity contribution in [2.24, 2.45) is 0 Å². The first kappa shape index (κ1) is 42.4. The van der Waals surface area contributed by atoms with Crippen LogP contribution in [0.5, 0.6) is 0 Å². The molecule has 2 unspecified atom stereocenters. The number of hydrogen-bond donors (Lipinski definition) is 10. The number of thiol groups is 4. The van der Waals surface area contributed by atoms with Gasteiger partial charge in [-0.15, -0.1) is 0 Å². The molecule has 1 aromatic carbocycles. The molecule has 16 nitrogen and oxygen atoms in total. The van der Waals surface area contributed by atoms with Gasteiger partial charge in [0, 0.05) is 43.7 Å². The van der Waals surface area contributed by atoms with E-state index in [0.717, 1.165) is 0 Å². The van der Waals surface area contributed by atoms with Gasteiger partial charge < -0.3 is 51.7 Å². The molecule has 1 aromatic rings. The Balaban J connectivity index is 0.000000914. The standard InChI is InChI=1S/C16H21N3O5S2.C10H17N3O5S2/c20-13(18-11-3-1-10(2-4-11)16(23)24)6-5-12(19-15(22)9-26)7-17-14(21)8-25;14-7(13-10(17)18)2-1-6(12-9(16)5-20)3-11-8(15)4-19/h1-4,12,25-26H,5-9H2,(H,17,21)(H,18,20)(H,19,22)(H,23,24);6,19-20H,1-5H2,(H,11,15)(H,12,16)(H,13,14)(H,17,18)/p-2. The van der Waals surface area contributed by atoms with Gasteiger partial charge >= 0.3 is 0 Å². The third-order valence-corrected chi connectivity index (χ3v) is 6.63. The molecule has 20 heteroatoms. The van der Waals surface area contributed by atoms with Crippen LogP contribution in [-0.2, 0) is 28.8 Å². The first-order chi connectivity index (χ1) is 21.7. The van der Waals surface area contributed by atoms with Crippen LogP contribution in [0.3, 0.4) is 0 Å². The summed E-state index contributed by atoms with van der Waals surface area (Å²) >= 11 is 15.3. The predicted octanol–water partition coefficient (Wildman–Crippen LogP) is -3.08. The van der Waals surface area contributed by atoms with E-state index in [1.54, 1.807) is 5.32 Å². The SMILES string of the molecule is O=C(CS)NCC(CCC(=O)Nc1ccc(C(=O)[O-])cc1)NC(=O)CS.O=C([O-])NC(=O)CCC(CNC(=O)CS)NC(=O)CS. The zero-order valence-corrected chi connectivity index (χ0v) is 28.0. The average Bonchev–Trinajstić information content (AvgIpc) is 3.03. The van der Waals surface area contributed by atoms with Crippen molar-refractivity contribution in [3.05, 3.63) is 29.8 Å². The van der Waals surface area contributed by atoms with Gasteiger partial charge in [0.05, 0.1) is 29.0 Å². The Kier molecular flexibility index (Phi) is 22.7. The summed E-state index contributed by atoms with van der Waals surface area (Å²) < 4.78 is 0. The lowest BCUT2D eigenvalue weighted by Gasteiger charge is -2.18. The van der Waals surface area contributed by atoms with Crippen LogP contribution < -0.4 is 42.1 Å². The number of imide groups is 1. The molecule has 2 atom stereocenters. The Hall–Kier alpha value is -3.62. The second-order valence-corrected chi connectivity index (χ2v) is 10.4. The maximum absolute atomic E-state index is 12.0. The largest absolute Gasteiger partial charge is 0.545 e. The maximum atomic E-state index is 12.0. The van der Waals surface area contributed by atoms with Gasteiger partial charge in [-0.1, -0.05) is 12.1 Å². The number of aromatic carboxylic acids is 1. The Bertz CT molecular complexity index is 1210. The van der Waals surface area contributed by atoms with E-state index in [0.29, 0.717) is 12.1 Å². The molecule has 0 aliphatic rings. The fraction of sp³-hybridized carbons (Fsp3) is 0.462. The van der Waals surface area contributed by atoms with Gasteiger partial charge in [-0.2, -0.15) is 50.5 Å². The molecule has 46 heavy (non-hydrogen) atoms. The molecule has 0 aromatic heterocycles. The number of carboxylic acid groups (broad SMARTS) is 2. The number of rotatable bonds is 18. The van der Waals surface area contributed by atoms with Crippen LogP contribution in [-0.4, -0.2) is 95.7 Å². The van der Waals surface area contributed by atoms with Gasteiger partial charge in [-0.25, -0.2) is 0 Å². The van der Waals surface area contributed by atoms with Crippen LogP contribution in [0.4, 0.5) is 10.5 Å². The highest BCUT2D eigenvalue weighted by molar-refractivity contribution is 7.81. The summed E-state index contributed by atoms with van der Waals surface area (Å²) in [7, 11) is 0. The van der Waals surface area contributed by atoms with Crippen molar-refractivity contribution in [2.75, 3.05) is 41.4 Å². The zero-order chi connectivity index (χ0) is 35.1. The van der Waals surface area contributed by atoms with E-state index in [1.807, 2.05) is 0 Å². The summed E-state index contributed by atoms with van der Waals surface area (Å²) in [6.45, 7) is 0.282. The summed E-state index contributed by atoms with van der Waals surface area (Å²) in [6.07, 6.45) is -1.27. The van der Waals surface area contributed by atoms with E-state index in [9.17, 15) is 48.6 Å². The lowest BCUT2D eigenvalue weighted by atomic mass is 10.1. The normalized spacial score (nSPS) is 11.3. The number of anilines is 1. The number of nitrogens with one attached hydrogen (secondary N) is 6. The Morgan fingerprint density at radius 1 is 0.587 bits per heavy atom. The summed E-state index contributed by atoms with van der Waals surface area (Å²) in [6, 6.07) is 4.63.